The molecule has 0 bridgehead atoms. The van der Waals surface area contributed by atoms with Crippen molar-refractivity contribution in [2.45, 2.75) is 6.42 Å². The third kappa shape index (κ3) is 3.64. The molecule has 2 aromatic heterocycles. The monoisotopic (exact) mass is 434 g/mol. The zero-order valence-electron chi connectivity index (χ0n) is 18.7. The topological polar surface area (TPSA) is 52.2 Å². The van der Waals surface area contributed by atoms with Gasteiger partial charge in [0, 0.05) is 67.2 Å². The molecule has 2 aliphatic rings. The van der Waals surface area contributed by atoms with Crippen molar-refractivity contribution in [2.24, 2.45) is 0 Å². The maximum Gasteiger partial charge on any atom is 0.253 e. The lowest BCUT2D eigenvalue weighted by molar-refractivity contribution is 0.0664. The van der Waals surface area contributed by atoms with E-state index in [1.165, 1.54) is 22.1 Å². The third-order valence-corrected chi connectivity index (χ3v) is 6.88. The van der Waals surface area contributed by atoms with E-state index in [2.05, 4.69) is 53.3 Å². The van der Waals surface area contributed by atoms with Gasteiger partial charge in [-0.3, -0.25) is 9.78 Å². The molecule has 1 fully saturated rings. The number of likely N-dealkylation sites (N-methyl/N-ethyl adjacent to an activating group) is 1. The van der Waals surface area contributed by atoms with Crippen LogP contribution in [-0.2, 0) is 6.42 Å². The molecule has 5 nitrogen and oxygen atoms in total. The molecule has 1 aliphatic carbocycles. The van der Waals surface area contributed by atoms with Gasteiger partial charge in [0.25, 0.3) is 5.91 Å². The van der Waals surface area contributed by atoms with Gasteiger partial charge in [0.05, 0.1) is 5.69 Å². The van der Waals surface area contributed by atoms with E-state index >= 15 is 0 Å². The SMILES string of the molecule is CN1CCN(C(=O)c2ccc(-c3cnc4c(c3)C(c3ccc5[nH]ccc5c3)=CC4)cc2)CC1. The Balaban J connectivity index is 1.26. The molecule has 0 atom stereocenters. The Morgan fingerprint density at radius 2 is 1.70 bits per heavy atom. The molecular weight excluding hydrogens is 408 g/mol. The van der Waals surface area contributed by atoms with E-state index in [0.29, 0.717) is 0 Å². The zero-order chi connectivity index (χ0) is 22.4. The van der Waals surface area contributed by atoms with Gasteiger partial charge in [-0.2, -0.15) is 0 Å². The molecule has 1 amide bonds. The molecule has 1 N–H and O–H groups in total. The molecule has 5 heteroatoms. The maximum atomic E-state index is 12.9. The minimum absolute atomic E-state index is 0.118. The van der Waals surface area contributed by atoms with Crippen LogP contribution < -0.4 is 0 Å². The minimum Gasteiger partial charge on any atom is -0.361 e. The van der Waals surface area contributed by atoms with E-state index in [-0.39, 0.29) is 5.91 Å². The van der Waals surface area contributed by atoms with Gasteiger partial charge < -0.3 is 14.8 Å². The highest BCUT2D eigenvalue weighted by molar-refractivity contribution is 5.95. The fourth-order valence-electron chi connectivity index (χ4n) is 4.85. The van der Waals surface area contributed by atoms with Crippen molar-refractivity contribution in [3.8, 4) is 11.1 Å². The zero-order valence-corrected chi connectivity index (χ0v) is 18.7. The smallest absolute Gasteiger partial charge is 0.253 e. The highest BCUT2D eigenvalue weighted by Crippen LogP contribution is 2.35. The van der Waals surface area contributed by atoms with Crippen molar-refractivity contribution < 1.29 is 4.79 Å². The Hall–Kier alpha value is -3.70. The van der Waals surface area contributed by atoms with Crippen LogP contribution >= 0.6 is 0 Å². The van der Waals surface area contributed by atoms with Gasteiger partial charge in [-0.05, 0) is 65.5 Å². The molecule has 1 saturated heterocycles. The van der Waals surface area contributed by atoms with Crippen LogP contribution in [0.5, 0.6) is 0 Å². The fraction of sp³-hybridized carbons (Fsp3) is 0.214. The number of amides is 1. The van der Waals surface area contributed by atoms with Gasteiger partial charge in [-0.25, -0.2) is 0 Å². The number of rotatable bonds is 3. The van der Waals surface area contributed by atoms with Crippen LogP contribution in [0.2, 0.25) is 0 Å². The van der Waals surface area contributed by atoms with Gasteiger partial charge in [0.2, 0.25) is 0 Å². The minimum atomic E-state index is 0.118. The number of hydrogen-bond donors (Lipinski definition) is 1. The van der Waals surface area contributed by atoms with Crippen molar-refractivity contribution in [3.05, 3.63) is 95.5 Å². The molecule has 0 unspecified atom stereocenters. The summed E-state index contributed by atoms with van der Waals surface area (Å²) in [5.74, 6) is 0.118. The average molecular weight is 435 g/mol. The second kappa shape index (κ2) is 8.01. The number of benzene rings is 2. The van der Waals surface area contributed by atoms with Gasteiger partial charge >= 0.3 is 0 Å². The number of allylic oxidation sites excluding steroid dienone is 1. The fourth-order valence-corrected chi connectivity index (χ4v) is 4.85. The molecule has 2 aromatic carbocycles. The van der Waals surface area contributed by atoms with Crippen LogP contribution in [0.25, 0.3) is 27.6 Å². The Morgan fingerprint density at radius 1 is 0.909 bits per heavy atom. The summed E-state index contributed by atoms with van der Waals surface area (Å²) in [7, 11) is 2.10. The number of pyridine rings is 1. The Morgan fingerprint density at radius 3 is 2.52 bits per heavy atom. The third-order valence-electron chi connectivity index (χ3n) is 6.88. The number of piperazine rings is 1. The van der Waals surface area contributed by atoms with Gasteiger partial charge in [-0.1, -0.05) is 24.3 Å². The average Bonchev–Trinajstić information content (AvgIpc) is 3.50. The second-order valence-corrected chi connectivity index (χ2v) is 8.99. The van der Waals surface area contributed by atoms with E-state index in [4.69, 9.17) is 4.98 Å². The van der Waals surface area contributed by atoms with Crippen molar-refractivity contribution in [1.29, 1.82) is 0 Å². The largest absolute Gasteiger partial charge is 0.361 e. The van der Waals surface area contributed by atoms with Crippen LogP contribution in [-0.4, -0.2) is 58.9 Å². The number of hydrogen-bond acceptors (Lipinski definition) is 3. The molecule has 4 aromatic rings. The number of H-pyrrole nitrogens is 1. The van der Waals surface area contributed by atoms with Gasteiger partial charge in [0.15, 0.2) is 0 Å². The quantitative estimate of drug-likeness (QED) is 0.513. The summed E-state index contributed by atoms with van der Waals surface area (Å²) in [4.78, 5) is 25.1. The van der Waals surface area contributed by atoms with E-state index in [0.717, 1.165) is 60.5 Å². The number of fused-ring (bicyclic) bond motifs is 2. The summed E-state index contributed by atoms with van der Waals surface area (Å²) < 4.78 is 0. The molecule has 0 radical (unpaired) electrons. The molecule has 164 valence electrons. The number of carbonyl (C=O) groups is 1. The molecule has 6 rings (SSSR count). The summed E-state index contributed by atoms with van der Waals surface area (Å²) in [6.45, 7) is 3.43. The van der Waals surface area contributed by atoms with Crippen molar-refractivity contribution in [3.63, 3.8) is 0 Å². The summed E-state index contributed by atoms with van der Waals surface area (Å²) in [5.41, 5.74) is 8.81. The molecule has 1 aliphatic heterocycles. The highest BCUT2D eigenvalue weighted by Gasteiger charge is 2.21. The number of aromatic nitrogens is 2. The van der Waals surface area contributed by atoms with Gasteiger partial charge in [-0.15, -0.1) is 0 Å². The summed E-state index contributed by atoms with van der Waals surface area (Å²) in [6, 6.07) is 18.8. The normalized spacial score (nSPS) is 16.2. The lowest BCUT2D eigenvalue weighted by Crippen LogP contribution is -2.47. The second-order valence-electron chi connectivity index (χ2n) is 8.99. The van der Waals surface area contributed by atoms with Crippen LogP contribution in [0.1, 0.15) is 27.2 Å². The summed E-state index contributed by atoms with van der Waals surface area (Å²) >= 11 is 0. The summed E-state index contributed by atoms with van der Waals surface area (Å²) in [6.07, 6.45) is 7.05. The first-order valence-corrected chi connectivity index (χ1v) is 11.5. The first-order valence-electron chi connectivity index (χ1n) is 11.5. The maximum absolute atomic E-state index is 12.9. The van der Waals surface area contributed by atoms with Crippen molar-refractivity contribution >= 4 is 22.4 Å². The lowest BCUT2D eigenvalue weighted by Gasteiger charge is -2.32. The molecule has 3 heterocycles. The van der Waals surface area contributed by atoms with Gasteiger partial charge in [0.1, 0.15) is 0 Å². The Labute approximate surface area is 193 Å². The number of carbonyl (C=O) groups excluding carboxylic acids is 1. The predicted octanol–water partition coefficient (Wildman–Crippen LogP) is 4.61. The first kappa shape index (κ1) is 19.9. The van der Waals surface area contributed by atoms with Crippen LogP contribution in [0, 0.1) is 0 Å². The van der Waals surface area contributed by atoms with Crippen molar-refractivity contribution in [1.82, 2.24) is 19.8 Å². The van der Waals surface area contributed by atoms with E-state index in [1.54, 1.807) is 0 Å². The van der Waals surface area contributed by atoms with E-state index in [1.807, 2.05) is 41.6 Å². The van der Waals surface area contributed by atoms with Crippen LogP contribution in [0.15, 0.2) is 73.1 Å². The Bertz CT molecular complexity index is 1370. The number of aromatic amines is 1. The van der Waals surface area contributed by atoms with E-state index in [9.17, 15) is 4.79 Å². The summed E-state index contributed by atoms with van der Waals surface area (Å²) in [5, 5.41) is 1.21. The predicted molar refractivity (Wildman–Crippen MR) is 132 cm³/mol. The van der Waals surface area contributed by atoms with Crippen LogP contribution in [0.3, 0.4) is 0 Å². The Kier molecular flexibility index (Phi) is 4.84. The molecule has 0 saturated carbocycles. The number of nitrogens with zero attached hydrogens (tertiary/aromatic N) is 3. The standard InChI is InChI=1S/C28H26N4O/c1-31-12-14-32(15-13-31)28(33)20-4-2-19(3-5-20)23-17-25-24(7-9-27(25)30-18-23)21-6-8-26-22(16-21)10-11-29-26/h2-8,10-11,16-18,29H,9,12-15H2,1H3. The number of nitrogens with one attached hydrogen (secondary N) is 1. The highest BCUT2D eigenvalue weighted by atomic mass is 16.2. The lowest BCUT2D eigenvalue weighted by atomic mass is 9.97. The van der Waals surface area contributed by atoms with Crippen molar-refractivity contribution in [2.75, 3.05) is 33.2 Å². The van der Waals surface area contributed by atoms with E-state index < -0.39 is 0 Å². The van der Waals surface area contributed by atoms with Crippen LogP contribution in [0.4, 0.5) is 0 Å². The molecule has 0 spiro atoms. The molecular formula is C28H26N4O. The first-order chi connectivity index (χ1) is 16.2. The molecule has 33 heavy (non-hydrogen) atoms.